The standard InChI is InChI=1S/C19H22F2N4O4/c1-4-24-8-11(19(27)28)18(26)10-7-12(20)17(15(21)16(10)24)25-6-5-13(22-2)14(9-25)23-29-3/h7-8,13,22H,4-6,9H2,1-3H3,(H,27,28)/b23-14+. The third-order valence-corrected chi connectivity index (χ3v) is 5.12. The molecule has 0 saturated carbocycles. The third kappa shape index (κ3) is 3.55. The van der Waals surface area contributed by atoms with Crippen LogP contribution < -0.4 is 15.6 Å². The maximum Gasteiger partial charge on any atom is 0.341 e. The van der Waals surface area contributed by atoms with Crippen LogP contribution in [0.4, 0.5) is 14.5 Å². The van der Waals surface area contributed by atoms with Crippen LogP contribution in [0.5, 0.6) is 0 Å². The van der Waals surface area contributed by atoms with Gasteiger partial charge in [-0.25, -0.2) is 13.6 Å². The smallest absolute Gasteiger partial charge is 0.341 e. The Kier molecular flexibility index (Phi) is 5.83. The van der Waals surface area contributed by atoms with Crippen molar-refractivity contribution in [2.75, 3.05) is 32.1 Å². The first-order chi connectivity index (χ1) is 13.8. The fraction of sp³-hybridized carbons (Fsp3) is 0.421. The molecule has 2 N–H and O–H groups in total. The number of halogens is 2. The first-order valence-corrected chi connectivity index (χ1v) is 9.14. The van der Waals surface area contributed by atoms with Crippen molar-refractivity contribution in [3.8, 4) is 0 Å². The fourth-order valence-corrected chi connectivity index (χ4v) is 3.72. The zero-order valence-corrected chi connectivity index (χ0v) is 16.3. The van der Waals surface area contributed by atoms with Crippen molar-refractivity contribution in [3.63, 3.8) is 0 Å². The summed E-state index contributed by atoms with van der Waals surface area (Å²) in [4.78, 5) is 30.2. The minimum absolute atomic E-state index is 0.0790. The number of carboxylic acid groups (broad SMARTS) is 1. The maximum absolute atomic E-state index is 15.5. The second kappa shape index (κ2) is 8.16. The van der Waals surface area contributed by atoms with E-state index in [1.807, 2.05) is 0 Å². The van der Waals surface area contributed by atoms with Crippen LogP contribution in [-0.4, -0.2) is 54.6 Å². The molecule has 10 heteroatoms. The lowest BCUT2D eigenvalue weighted by Crippen LogP contribution is -2.49. The van der Waals surface area contributed by atoms with Gasteiger partial charge in [0.15, 0.2) is 5.82 Å². The molecule has 0 amide bonds. The predicted molar refractivity (Wildman–Crippen MR) is 105 cm³/mol. The van der Waals surface area contributed by atoms with E-state index in [2.05, 4.69) is 10.5 Å². The minimum atomic E-state index is -1.45. The van der Waals surface area contributed by atoms with E-state index in [0.29, 0.717) is 18.7 Å². The summed E-state index contributed by atoms with van der Waals surface area (Å²) in [6, 6.07) is 0.830. The average molecular weight is 408 g/mol. The van der Waals surface area contributed by atoms with Crippen LogP contribution >= 0.6 is 0 Å². The van der Waals surface area contributed by atoms with E-state index in [4.69, 9.17) is 4.84 Å². The van der Waals surface area contributed by atoms with Crippen molar-refractivity contribution in [2.45, 2.75) is 25.9 Å². The monoisotopic (exact) mass is 408 g/mol. The Labute approximate surface area is 165 Å². The number of hydrogen-bond donors (Lipinski definition) is 2. The number of rotatable bonds is 5. The molecule has 0 spiro atoms. The highest BCUT2D eigenvalue weighted by atomic mass is 19.1. The van der Waals surface area contributed by atoms with Crippen LogP contribution in [0.25, 0.3) is 10.9 Å². The molecule has 0 aliphatic carbocycles. The Balaban J connectivity index is 2.20. The van der Waals surface area contributed by atoms with E-state index in [1.54, 1.807) is 14.0 Å². The number of carbonyl (C=O) groups is 1. The predicted octanol–water partition coefficient (Wildman–Crippen LogP) is 1.80. The minimum Gasteiger partial charge on any atom is -0.477 e. The lowest BCUT2D eigenvalue weighted by Gasteiger charge is -2.34. The molecule has 1 aliphatic heterocycles. The van der Waals surface area contributed by atoms with Gasteiger partial charge in [-0.1, -0.05) is 5.16 Å². The second-order valence-electron chi connectivity index (χ2n) is 6.70. The molecule has 1 aromatic carbocycles. The molecule has 1 saturated heterocycles. The van der Waals surface area contributed by atoms with Gasteiger partial charge in [0.2, 0.25) is 5.43 Å². The number of nitrogens with zero attached hydrogens (tertiary/aromatic N) is 3. The number of anilines is 1. The summed E-state index contributed by atoms with van der Waals surface area (Å²) in [6.45, 7) is 2.39. The summed E-state index contributed by atoms with van der Waals surface area (Å²) in [5.74, 6) is -3.29. The van der Waals surface area contributed by atoms with Gasteiger partial charge >= 0.3 is 5.97 Å². The van der Waals surface area contributed by atoms with Gasteiger partial charge in [-0.05, 0) is 26.5 Å². The Bertz CT molecular complexity index is 1050. The third-order valence-electron chi connectivity index (χ3n) is 5.12. The van der Waals surface area contributed by atoms with Gasteiger partial charge in [0.1, 0.15) is 24.2 Å². The topological polar surface area (TPSA) is 96.2 Å². The van der Waals surface area contributed by atoms with E-state index in [0.717, 1.165) is 12.3 Å². The highest BCUT2D eigenvalue weighted by Gasteiger charge is 2.30. The molecule has 1 unspecified atom stereocenters. The number of piperidine rings is 1. The Morgan fingerprint density at radius 3 is 2.76 bits per heavy atom. The number of benzene rings is 1. The van der Waals surface area contributed by atoms with Crippen molar-refractivity contribution in [2.24, 2.45) is 5.16 Å². The average Bonchev–Trinajstić information content (AvgIpc) is 2.69. The van der Waals surface area contributed by atoms with Gasteiger partial charge in [-0.15, -0.1) is 0 Å². The van der Waals surface area contributed by atoms with E-state index >= 15 is 4.39 Å². The summed E-state index contributed by atoms with van der Waals surface area (Å²) < 4.78 is 31.7. The molecule has 156 valence electrons. The van der Waals surface area contributed by atoms with E-state index in [9.17, 15) is 19.1 Å². The molecule has 29 heavy (non-hydrogen) atoms. The number of nitrogens with one attached hydrogen (secondary N) is 1. The van der Waals surface area contributed by atoms with Gasteiger partial charge in [-0.2, -0.15) is 0 Å². The van der Waals surface area contributed by atoms with Crippen molar-refractivity contribution in [1.29, 1.82) is 0 Å². The number of aromatic nitrogens is 1. The number of fused-ring (bicyclic) bond motifs is 1. The molecule has 1 aromatic heterocycles. The lowest BCUT2D eigenvalue weighted by molar-refractivity contribution is 0.0695. The van der Waals surface area contributed by atoms with Gasteiger partial charge in [-0.3, -0.25) is 4.79 Å². The zero-order valence-electron chi connectivity index (χ0n) is 16.3. The lowest BCUT2D eigenvalue weighted by atomic mass is 10.0. The quantitative estimate of drug-likeness (QED) is 0.733. The molecular weight excluding hydrogens is 386 g/mol. The molecule has 2 aromatic rings. The van der Waals surface area contributed by atoms with E-state index in [1.165, 1.54) is 16.6 Å². The number of hydrogen-bond acceptors (Lipinski definition) is 6. The van der Waals surface area contributed by atoms with Crippen LogP contribution in [0.2, 0.25) is 0 Å². The number of aryl methyl sites for hydroxylation is 1. The SMILES string of the molecule is CCn1cc(C(=O)O)c(=O)c2cc(F)c(N3CCC(NC)/C(=N/OC)C3)c(F)c21. The second-order valence-corrected chi connectivity index (χ2v) is 6.70. The van der Waals surface area contributed by atoms with Crippen LogP contribution in [-0.2, 0) is 11.4 Å². The van der Waals surface area contributed by atoms with E-state index < -0.39 is 28.6 Å². The number of aromatic carboxylic acids is 1. The molecule has 0 radical (unpaired) electrons. The van der Waals surface area contributed by atoms with Crippen molar-refractivity contribution in [1.82, 2.24) is 9.88 Å². The summed E-state index contributed by atoms with van der Waals surface area (Å²) in [6.07, 6.45) is 1.64. The number of carboxylic acids is 1. The molecule has 2 heterocycles. The summed E-state index contributed by atoms with van der Waals surface area (Å²) in [5, 5.41) is 16.0. The molecule has 1 aliphatic rings. The zero-order chi connectivity index (χ0) is 21.3. The first kappa shape index (κ1) is 20.7. The fourth-order valence-electron chi connectivity index (χ4n) is 3.72. The maximum atomic E-state index is 15.5. The molecule has 1 fully saturated rings. The van der Waals surface area contributed by atoms with Crippen LogP contribution in [0.1, 0.15) is 23.7 Å². The first-order valence-electron chi connectivity index (χ1n) is 9.14. The van der Waals surface area contributed by atoms with Crippen molar-refractivity contribution < 1.29 is 23.5 Å². The summed E-state index contributed by atoms with van der Waals surface area (Å²) in [5.41, 5.74) is -1.26. The largest absolute Gasteiger partial charge is 0.477 e. The number of oxime groups is 1. The molecule has 8 nitrogen and oxygen atoms in total. The highest BCUT2D eigenvalue weighted by Crippen LogP contribution is 2.31. The van der Waals surface area contributed by atoms with Crippen molar-refractivity contribution >= 4 is 28.3 Å². The highest BCUT2D eigenvalue weighted by molar-refractivity contribution is 5.96. The Hall–Kier alpha value is -3.01. The Morgan fingerprint density at radius 2 is 2.17 bits per heavy atom. The van der Waals surface area contributed by atoms with Gasteiger partial charge < -0.3 is 24.7 Å². The summed E-state index contributed by atoms with van der Waals surface area (Å²) in [7, 11) is 3.17. The molecular formula is C19H22F2N4O4. The normalized spacial score (nSPS) is 18.4. The van der Waals surface area contributed by atoms with Gasteiger partial charge in [0.25, 0.3) is 0 Å². The van der Waals surface area contributed by atoms with Crippen LogP contribution in [0.15, 0.2) is 22.2 Å². The van der Waals surface area contributed by atoms with Crippen molar-refractivity contribution in [3.05, 3.63) is 39.7 Å². The summed E-state index contributed by atoms with van der Waals surface area (Å²) >= 11 is 0. The Morgan fingerprint density at radius 1 is 1.45 bits per heavy atom. The molecule has 1 atom stereocenters. The van der Waals surface area contributed by atoms with Gasteiger partial charge in [0, 0.05) is 19.3 Å². The number of pyridine rings is 1. The van der Waals surface area contributed by atoms with Gasteiger partial charge in [0.05, 0.1) is 29.2 Å². The molecule has 0 bridgehead atoms. The van der Waals surface area contributed by atoms with Crippen LogP contribution in [0, 0.1) is 11.6 Å². The van der Waals surface area contributed by atoms with E-state index in [-0.39, 0.29) is 35.7 Å². The van der Waals surface area contributed by atoms with Crippen LogP contribution in [0.3, 0.4) is 0 Å². The molecule has 3 rings (SSSR count).